The Balaban J connectivity index is 2.39. The highest BCUT2D eigenvalue weighted by Crippen LogP contribution is 2.40. The van der Waals surface area contributed by atoms with Crippen LogP contribution in [-0.2, 0) is 16.0 Å². The van der Waals surface area contributed by atoms with Gasteiger partial charge in [0.15, 0.2) is 0 Å². The maximum Gasteiger partial charge on any atom is 0.0935 e. The topological polar surface area (TPSA) is 48.3 Å². The molecule has 1 saturated heterocycles. The standard InChI is InChI=1S/C14H24BrN3O2/c1-4-18-12(11(15)10-17-18)13(16-3)14(20-5-2)6-8-19-9-7-14/h10,13,16H,4-9H2,1-3H3. The van der Waals surface area contributed by atoms with Crippen molar-refractivity contribution < 1.29 is 9.47 Å². The maximum atomic E-state index is 6.20. The predicted octanol–water partition coefficient (Wildman–Crippen LogP) is 2.51. The summed E-state index contributed by atoms with van der Waals surface area (Å²) >= 11 is 3.63. The van der Waals surface area contributed by atoms with E-state index in [-0.39, 0.29) is 11.6 Å². The number of aryl methyl sites for hydroxylation is 1. The van der Waals surface area contributed by atoms with Gasteiger partial charge in [-0.25, -0.2) is 0 Å². The Morgan fingerprint density at radius 2 is 2.20 bits per heavy atom. The molecule has 1 fully saturated rings. The fourth-order valence-corrected chi connectivity index (χ4v) is 3.61. The third kappa shape index (κ3) is 2.93. The van der Waals surface area contributed by atoms with Crippen LogP contribution in [-0.4, -0.2) is 42.2 Å². The second kappa shape index (κ2) is 7.02. The van der Waals surface area contributed by atoms with Gasteiger partial charge in [-0.1, -0.05) is 0 Å². The predicted molar refractivity (Wildman–Crippen MR) is 81.8 cm³/mol. The molecule has 20 heavy (non-hydrogen) atoms. The molecule has 1 aliphatic rings. The first-order chi connectivity index (χ1) is 9.68. The molecule has 0 radical (unpaired) electrons. The van der Waals surface area contributed by atoms with Gasteiger partial charge in [0.2, 0.25) is 0 Å². The van der Waals surface area contributed by atoms with E-state index in [2.05, 4.69) is 40.2 Å². The molecule has 1 aromatic rings. The van der Waals surface area contributed by atoms with Crippen molar-refractivity contribution in [3.8, 4) is 0 Å². The largest absolute Gasteiger partial charge is 0.381 e. The van der Waals surface area contributed by atoms with E-state index in [0.717, 1.165) is 42.8 Å². The molecule has 0 aromatic carbocycles. The number of hydrogen-bond donors (Lipinski definition) is 1. The SMILES string of the molecule is CCOC1(C(NC)c2c(Br)cnn2CC)CCOCC1. The smallest absolute Gasteiger partial charge is 0.0935 e. The van der Waals surface area contributed by atoms with E-state index in [0.29, 0.717) is 6.61 Å². The minimum atomic E-state index is -0.225. The Bertz CT molecular complexity index is 425. The first-order valence-electron chi connectivity index (χ1n) is 7.28. The summed E-state index contributed by atoms with van der Waals surface area (Å²) in [6, 6.07) is 0.100. The average Bonchev–Trinajstić information content (AvgIpc) is 2.82. The van der Waals surface area contributed by atoms with E-state index in [1.165, 1.54) is 0 Å². The molecule has 1 unspecified atom stereocenters. The normalized spacial score (nSPS) is 20.0. The zero-order valence-electron chi connectivity index (χ0n) is 12.5. The molecule has 0 aliphatic carbocycles. The monoisotopic (exact) mass is 345 g/mol. The fourth-order valence-electron chi connectivity index (χ4n) is 3.08. The third-order valence-electron chi connectivity index (χ3n) is 3.99. The summed E-state index contributed by atoms with van der Waals surface area (Å²) in [6.07, 6.45) is 3.66. The van der Waals surface area contributed by atoms with Crippen LogP contribution in [0.1, 0.15) is 38.4 Å². The fraction of sp³-hybridized carbons (Fsp3) is 0.786. The molecule has 114 valence electrons. The minimum absolute atomic E-state index is 0.100. The van der Waals surface area contributed by atoms with E-state index in [4.69, 9.17) is 9.47 Å². The lowest BCUT2D eigenvalue weighted by Crippen LogP contribution is -2.50. The van der Waals surface area contributed by atoms with Gasteiger partial charge in [0.1, 0.15) is 0 Å². The number of rotatable bonds is 6. The molecule has 1 atom stereocenters. The Morgan fingerprint density at radius 1 is 1.50 bits per heavy atom. The number of nitrogens with one attached hydrogen (secondary N) is 1. The third-order valence-corrected chi connectivity index (χ3v) is 4.60. The van der Waals surface area contributed by atoms with Gasteiger partial charge < -0.3 is 14.8 Å². The van der Waals surface area contributed by atoms with Crippen LogP contribution in [0.2, 0.25) is 0 Å². The second-order valence-electron chi connectivity index (χ2n) is 5.03. The summed E-state index contributed by atoms with van der Waals surface area (Å²) in [6.45, 7) is 7.20. The lowest BCUT2D eigenvalue weighted by atomic mass is 9.84. The van der Waals surface area contributed by atoms with E-state index in [1.54, 1.807) is 0 Å². The maximum absolute atomic E-state index is 6.20. The zero-order valence-corrected chi connectivity index (χ0v) is 14.1. The number of hydrogen-bond acceptors (Lipinski definition) is 4. The molecule has 2 rings (SSSR count). The highest BCUT2D eigenvalue weighted by atomic mass is 79.9. The Kier molecular flexibility index (Phi) is 5.60. The number of ether oxygens (including phenoxy) is 2. The van der Waals surface area contributed by atoms with Crippen LogP contribution in [0, 0.1) is 0 Å². The average molecular weight is 346 g/mol. The molecule has 1 aromatic heterocycles. The van der Waals surface area contributed by atoms with Crippen LogP contribution < -0.4 is 5.32 Å². The van der Waals surface area contributed by atoms with Crippen LogP contribution in [0.3, 0.4) is 0 Å². The van der Waals surface area contributed by atoms with Crippen LogP contribution >= 0.6 is 15.9 Å². The molecular formula is C14H24BrN3O2. The summed E-state index contributed by atoms with van der Waals surface area (Å²) < 4.78 is 14.8. The summed E-state index contributed by atoms with van der Waals surface area (Å²) in [7, 11) is 1.99. The first kappa shape index (κ1) is 15.9. The van der Waals surface area contributed by atoms with Gasteiger partial charge in [0, 0.05) is 39.2 Å². The van der Waals surface area contributed by atoms with Crippen molar-refractivity contribution in [3.63, 3.8) is 0 Å². The zero-order chi connectivity index (χ0) is 14.6. The molecule has 0 spiro atoms. The van der Waals surface area contributed by atoms with E-state index >= 15 is 0 Å². The number of halogens is 1. The summed E-state index contributed by atoms with van der Waals surface area (Å²) in [5, 5.41) is 7.88. The van der Waals surface area contributed by atoms with E-state index in [1.807, 2.05) is 17.9 Å². The van der Waals surface area contributed by atoms with Crippen molar-refractivity contribution in [2.75, 3.05) is 26.9 Å². The molecule has 1 aliphatic heterocycles. The highest BCUT2D eigenvalue weighted by molar-refractivity contribution is 9.10. The molecule has 1 N–H and O–H groups in total. The summed E-state index contributed by atoms with van der Waals surface area (Å²) in [4.78, 5) is 0. The van der Waals surface area contributed by atoms with Crippen LogP contribution in [0.4, 0.5) is 0 Å². The Labute approximate surface area is 129 Å². The van der Waals surface area contributed by atoms with Crippen molar-refractivity contribution in [3.05, 3.63) is 16.4 Å². The van der Waals surface area contributed by atoms with Crippen molar-refractivity contribution >= 4 is 15.9 Å². The molecule has 0 amide bonds. The van der Waals surface area contributed by atoms with Crippen LogP contribution in [0.15, 0.2) is 10.7 Å². The van der Waals surface area contributed by atoms with Gasteiger partial charge in [-0.15, -0.1) is 0 Å². The Morgan fingerprint density at radius 3 is 2.75 bits per heavy atom. The molecule has 0 saturated carbocycles. The van der Waals surface area contributed by atoms with Gasteiger partial charge in [0.25, 0.3) is 0 Å². The molecular weight excluding hydrogens is 322 g/mol. The van der Waals surface area contributed by atoms with Crippen LogP contribution in [0.5, 0.6) is 0 Å². The first-order valence-corrected chi connectivity index (χ1v) is 8.08. The number of likely N-dealkylation sites (N-methyl/N-ethyl adjacent to an activating group) is 1. The van der Waals surface area contributed by atoms with Gasteiger partial charge >= 0.3 is 0 Å². The molecule has 2 heterocycles. The second-order valence-corrected chi connectivity index (χ2v) is 5.88. The molecule has 0 bridgehead atoms. The van der Waals surface area contributed by atoms with E-state index in [9.17, 15) is 0 Å². The van der Waals surface area contributed by atoms with Gasteiger partial charge in [-0.3, -0.25) is 4.68 Å². The van der Waals surface area contributed by atoms with Crippen molar-refractivity contribution in [2.45, 2.75) is 44.9 Å². The van der Waals surface area contributed by atoms with Gasteiger partial charge in [-0.05, 0) is 36.8 Å². The minimum Gasteiger partial charge on any atom is -0.381 e. The molecule has 5 nitrogen and oxygen atoms in total. The summed E-state index contributed by atoms with van der Waals surface area (Å²) in [5.41, 5.74) is 0.933. The van der Waals surface area contributed by atoms with Crippen molar-refractivity contribution in [2.24, 2.45) is 0 Å². The summed E-state index contributed by atoms with van der Waals surface area (Å²) in [5.74, 6) is 0. The van der Waals surface area contributed by atoms with Gasteiger partial charge in [-0.2, -0.15) is 5.10 Å². The lowest BCUT2D eigenvalue weighted by molar-refractivity contribution is -0.128. The van der Waals surface area contributed by atoms with Crippen LogP contribution in [0.25, 0.3) is 0 Å². The molecule has 6 heteroatoms. The number of nitrogens with zero attached hydrogens (tertiary/aromatic N) is 2. The van der Waals surface area contributed by atoms with Crippen molar-refractivity contribution in [1.29, 1.82) is 0 Å². The van der Waals surface area contributed by atoms with Crippen molar-refractivity contribution in [1.82, 2.24) is 15.1 Å². The van der Waals surface area contributed by atoms with Gasteiger partial charge in [0.05, 0.1) is 28.0 Å². The quantitative estimate of drug-likeness (QED) is 0.860. The highest BCUT2D eigenvalue weighted by Gasteiger charge is 2.43. The Hall–Kier alpha value is -0.430. The van der Waals surface area contributed by atoms with E-state index < -0.39 is 0 Å². The lowest BCUT2D eigenvalue weighted by Gasteiger charge is -2.43. The number of aromatic nitrogens is 2.